The molecule has 12 heavy (non-hydrogen) atoms. The minimum absolute atomic E-state index is 0.103. The normalized spacial score (nSPS) is 13.2. The van der Waals surface area contributed by atoms with Gasteiger partial charge in [-0.2, -0.15) is 0 Å². The van der Waals surface area contributed by atoms with Crippen molar-refractivity contribution in [1.29, 1.82) is 0 Å². The third kappa shape index (κ3) is 7.87. The highest BCUT2D eigenvalue weighted by Crippen LogP contribution is 1.88. The summed E-state index contributed by atoms with van der Waals surface area (Å²) in [7, 11) is 0. The Bertz CT molecular complexity index is 91.5. The van der Waals surface area contributed by atoms with Crippen LogP contribution in [0.1, 0.15) is 6.42 Å². The summed E-state index contributed by atoms with van der Waals surface area (Å²) in [5.74, 6) is 0. The van der Waals surface area contributed by atoms with Crippen molar-refractivity contribution < 1.29 is 24.1 Å². The van der Waals surface area contributed by atoms with Crippen molar-refractivity contribution in [2.75, 3.05) is 33.3 Å². The smallest absolute Gasteiger partial charge is 0.188 e. The molecule has 0 fully saturated rings. The molecule has 5 heteroatoms. The Morgan fingerprint density at radius 2 is 1.92 bits per heavy atom. The molecule has 2 N–H and O–H groups in total. The molecule has 0 bridgehead atoms. The highest BCUT2D eigenvalue weighted by molar-refractivity contribution is 4.48. The summed E-state index contributed by atoms with van der Waals surface area (Å²) in [5, 5.41) is 17.2. The number of aliphatic hydroxyl groups is 2. The lowest BCUT2D eigenvalue weighted by Gasteiger charge is -2.07. The molecule has 0 saturated heterocycles. The SMILES string of the molecule is OCC(O)COCCCOCF. The van der Waals surface area contributed by atoms with Gasteiger partial charge >= 0.3 is 0 Å². The predicted molar refractivity (Wildman–Crippen MR) is 40.5 cm³/mol. The van der Waals surface area contributed by atoms with Gasteiger partial charge in [0.2, 0.25) is 0 Å². The second kappa shape index (κ2) is 8.86. The fraction of sp³-hybridized carbons (Fsp3) is 1.00. The van der Waals surface area contributed by atoms with Crippen LogP contribution in [-0.4, -0.2) is 49.6 Å². The first-order valence-electron chi connectivity index (χ1n) is 3.81. The Hall–Kier alpha value is -0.230. The average molecular weight is 182 g/mol. The van der Waals surface area contributed by atoms with E-state index < -0.39 is 13.0 Å². The molecule has 0 radical (unpaired) electrons. The van der Waals surface area contributed by atoms with Crippen molar-refractivity contribution in [2.45, 2.75) is 12.5 Å². The number of halogens is 1. The van der Waals surface area contributed by atoms with Gasteiger partial charge < -0.3 is 19.7 Å². The van der Waals surface area contributed by atoms with Gasteiger partial charge in [-0.1, -0.05) is 0 Å². The number of aliphatic hydroxyl groups excluding tert-OH is 2. The zero-order valence-electron chi connectivity index (χ0n) is 6.91. The number of rotatable bonds is 8. The lowest BCUT2D eigenvalue weighted by molar-refractivity contribution is -0.00611. The van der Waals surface area contributed by atoms with Gasteiger partial charge in [0.05, 0.1) is 19.8 Å². The predicted octanol–water partition coefficient (Wildman–Crippen LogP) is -0.310. The van der Waals surface area contributed by atoms with Crippen molar-refractivity contribution in [1.82, 2.24) is 0 Å². The molecule has 0 spiro atoms. The van der Waals surface area contributed by atoms with Crippen molar-refractivity contribution in [3.63, 3.8) is 0 Å². The van der Waals surface area contributed by atoms with Gasteiger partial charge in [-0.3, -0.25) is 0 Å². The second-order valence-corrected chi connectivity index (χ2v) is 2.28. The fourth-order valence-electron chi connectivity index (χ4n) is 0.590. The number of hydrogen-bond acceptors (Lipinski definition) is 4. The van der Waals surface area contributed by atoms with Crippen LogP contribution in [-0.2, 0) is 9.47 Å². The Labute approximate surface area is 70.9 Å². The standard InChI is InChI=1S/C7H15FO4/c8-6-12-3-1-2-11-5-7(10)4-9/h7,9-10H,1-6H2. The van der Waals surface area contributed by atoms with Crippen LogP contribution < -0.4 is 0 Å². The molecule has 0 rings (SSSR count). The van der Waals surface area contributed by atoms with E-state index in [2.05, 4.69) is 4.74 Å². The molecule has 1 atom stereocenters. The van der Waals surface area contributed by atoms with E-state index in [1.165, 1.54) is 0 Å². The minimum atomic E-state index is -0.827. The lowest BCUT2D eigenvalue weighted by atomic mass is 10.4. The van der Waals surface area contributed by atoms with Crippen LogP contribution in [0.25, 0.3) is 0 Å². The zero-order valence-corrected chi connectivity index (χ0v) is 6.91. The highest BCUT2D eigenvalue weighted by Gasteiger charge is 2.00. The van der Waals surface area contributed by atoms with Crippen LogP contribution in [0.15, 0.2) is 0 Å². The maximum absolute atomic E-state index is 11.3. The van der Waals surface area contributed by atoms with Crippen LogP contribution in [0.3, 0.4) is 0 Å². The molecule has 0 aromatic heterocycles. The van der Waals surface area contributed by atoms with Crippen LogP contribution >= 0.6 is 0 Å². The first-order chi connectivity index (χ1) is 5.81. The van der Waals surface area contributed by atoms with E-state index in [1.54, 1.807) is 0 Å². The van der Waals surface area contributed by atoms with Crippen LogP contribution in [0.2, 0.25) is 0 Å². The summed E-state index contributed by atoms with van der Waals surface area (Å²) in [4.78, 5) is 0. The number of alkyl halides is 1. The van der Waals surface area contributed by atoms with E-state index in [9.17, 15) is 4.39 Å². The largest absolute Gasteiger partial charge is 0.394 e. The summed E-state index contributed by atoms with van der Waals surface area (Å²) in [5.41, 5.74) is 0. The molecule has 0 aliphatic carbocycles. The highest BCUT2D eigenvalue weighted by atomic mass is 19.1. The average Bonchev–Trinajstić information content (AvgIpc) is 2.10. The van der Waals surface area contributed by atoms with Crippen LogP contribution in [0, 0.1) is 0 Å². The second-order valence-electron chi connectivity index (χ2n) is 2.28. The summed E-state index contributed by atoms with van der Waals surface area (Å²) in [6.45, 7) is -0.269. The van der Waals surface area contributed by atoms with E-state index >= 15 is 0 Å². The molecular weight excluding hydrogens is 167 g/mol. The van der Waals surface area contributed by atoms with Crippen LogP contribution in [0.4, 0.5) is 4.39 Å². The van der Waals surface area contributed by atoms with Crippen LogP contribution in [0.5, 0.6) is 0 Å². The molecule has 4 nitrogen and oxygen atoms in total. The minimum Gasteiger partial charge on any atom is -0.394 e. The molecule has 0 aliphatic heterocycles. The molecule has 1 unspecified atom stereocenters. The third-order valence-electron chi connectivity index (χ3n) is 1.18. The molecule has 0 aromatic rings. The summed E-state index contributed by atoms with van der Waals surface area (Å²) in [6, 6.07) is 0. The molecule has 0 aliphatic rings. The number of hydrogen-bond donors (Lipinski definition) is 2. The van der Waals surface area contributed by atoms with E-state index in [4.69, 9.17) is 14.9 Å². The summed E-state index contributed by atoms with van der Waals surface area (Å²) < 4.78 is 20.7. The molecule has 0 heterocycles. The maximum atomic E-state index is 11.3. The van der Waals surface area contributed by atoms with Gasteiger partial charge in [-0.25, -0.2) is 4.39 Å². The van der Waals surface area contributed by atoms with Crippen molar-refractivity contribution in [3.05, 3.63) is 0 Å². The Balaban J connectivity index is 2.90. The monoisotopic (exact) mass is 182 g/mol. The molecular formula is C7H15FO4. The first kappa shape index (κ1) is 11.8. The van der Waals surface area contributed by atoms with Gasteiger partial charge in [0, 0.05) is 6.61 Å². The van der Waals surface area contributed by atoms with Gasteiger partial charge in [-0.05, 0) is 6.42 Å². The van der Waals surface area contributed by atoms with Gasteiger partial charge in [0.15, 0.2) is 6.86 Å². The lowest BCUT2D eigenvalue weighted by Crippen LogP contribution is -2.19. The van der Waals surface area contributed by atoms with E-state index in [1.807, 2.05) is 0 Å². The van der Waals surface area contributed by atoms with Gasteiger partial charge in [0.25, 0.3) is 0 Å². The first-order valence-corrected chi connectivity index (χ1v) is 3.81. The third-order valence-corrected chi connectivity index (χ3v) is 1.18. The Morgan fingerprint density at radius 1 is 1.25 bits per heavy atom. The topological polar surface area (TPSA) is 58.9 Å². The van der Waals surface area contributed by atoms with Crippen molar-refractivity contribution in [3.8, 4) is 0 Å². The quantitative estimate of drug-likeness (QED) is 0.505. The molecule has 0 aromatic carbocycles. The van der Waals surface area contributed by atoms with E-state index in [0.29, 0.717) is 19.6 Å². The summed E-state index contributed by atoms with van der Waals surface area (Å²) >= 11 is 0. The molecule has 74 valence electrons. The van der Waals surface area contributed by atoms with E-state index in [-0.39, 0.29) is 13.2 Å². The van der Waals surface area contributed by atoms with Crippen molar-refractivity contribution in [2.24, 2.45) is 0 Å². The Morgan fingerprint density at radius 3 is 2.50 bits per heavy atom. The molecule has 0 saturated carbocycles. The summed E-state index contributed by atoms with van der Waals surface area (Å²) in [6.07, 6.45) is -0.241. The van der Waals surface area contributed by atoms with Crippen molar-refractivity contribution >= 4 is 0 Å². The Kier molecular flexibility index (Phi) is 8.69. The fourth-order valence-corrected chi connectivity index (χ4v) is 0.590. The van der Waals surface area contributed by atoms with Gasteiger partial charge in [-0.15, -0.1) is 0 Å². The van der Waals surface area contributed by atoms with E-state index in [0.717, 1.165) is 0 Å². The zero-order chi connectivity index (χ0) is 9.23. The maximum Gasteiger partial charge on any atom is 0.188 e. The molecule has 0 amide bonds. The number of ether oxygens (including phenoxy) is 2. The van der Waals surface area contributed by atoms with Gasteiger partial charge in [0.1, 0.15) is 6.10 Å².